The Labute approximate surface area is 176 Å². The molecule has 0 saturated carbocycles. The molecule has 0 aliphatic rings. The van der Waals surface area contributed by atoms with Gasteiger partial charge in [0.1, 0.15) is 12.4 Å². The van der Waals surface area contributed by atoms with Gasteiger partial charge in [0.15, 0.2) is 5.13 Å². The van der Waals surface area contributed by atoms with Crippen LogP contribution in [-0.4, -0.2) is 39.0 Å². The third-order valence-corrected chi connectivity index (χ3v) is 3.95. The van der Waals surface area contributed by atoms with Crippen molar-refractivity contribution >= 4 is 57.6 Å². The summed E-state index contributed by atoms with van der Waals surface area (Å²) in [6.07, 6.45) is 0. The highest BCUT2D eigenvalue weighted by atomic mass is 35.5. The number of hydrogen-bond acceptors (Lipinski definition) is 10. The number of ether oxygens (including phenoxy) is 2. The first-order chi connectivity index (χ1) is 12.7. The number of methoxy groups -OCH3 is 1. The molecule has 0 aliphatic heterocycles. The van der Waals surface area contributed by atoms with E-state index in [1.807, 2.05) is 0 Å². The number of oxime groups is 1. The van der Waals surface area contributed by atoms with E-state index in [-0.39, 0.29) is 35.7 Å². The van der Waals surface area contributed by atoms with Gasteiger partial charge in [-0.1, -0.05) is 17.3 Å². The van der Waals surface area contributed by atoms with Crippen molar-refractivity contribution in [2.45, 2.75) is 26.1 Å². The normalized spacial score (nSPS) is 11.4. The summed E-state index contributed by atoms with van der Waals surface area (Å²) in [6, 6.07) is 7.03. The van der Waals surface area contributed by atoms with Crippen molar-refractivity contribution in [1.29, 1.82) is 0 Å². The lowest BCUT2D eigenvalue weighted by molar-refractivity contribution is -0.169. The number of carbonyl (C=O) groups excluding carboxylic acids is 2. The molecule has 2 aromatic rings. The number of nitrogen functional groups attached to an aromatic ring is 1. The Morgan fingerprint density at radius 3 is 2.43 bits per heavy atom. The minimum atomic E-state index is -1.48. The fourth-order valence-electron chi connectivity index (χ4n) is 1.74. The quantitative estimate of drug-likeness (QED) is 0.282. The van der Waals surface area contributed by atoms with Crippen molar-refractivity contribution in [2.24, 2.45) is 5.16 Å². The van der Waals surface area contributed by atoms with Crippen LogP contribution in [0, 0.1) is 0 Å². The first-order valence-electron chi connectivity index (χ1n) is 7.58. The van der Waals surface area contributed by atoms with Crippen LogP contribution in [-0.2, 0) is 25.8 Å². The molecule has 1 heterocycles. The molecule has 0 unspecified atom stereocenters. The SMILES string of the molecule is COc1ccc(COC(=O)C(C)(C)O/N=C(\C(=O)Cl)c2nsc(N)n2)cc1.Cl. The molecule has 2 N–H and O–H groups in total. The van der Waals surface area contributed by atoms with Crippen LogP contribution in [0.25, 0.3) is 0 Å². The van der Waals surface area contributed by atoms with Crippen LogP contribution in [0.2, 0.25) is 0 Å². The van der Waals surface area contributed by atoms with Gasteiger partial charge in [-0.15, -0.1) is 12.4 Å². The predicted molar refractivity (Wildman–Crippen MR) is 107 cm³/mol. The highest BCUT2D eigenvalue weighted by Gasteiger charge is 2.33. The van der Waals surface area contributed by atoms with E-state index in [4.69, 9.17) is 31.6 Å². The summed E-state index contributed by atoms with van der Waals surface area (Å²) in [5.41, 5.74) is 4.40. The molecule has 0 saturated heterocycles. The number of aromatic nitrogens is 2. The first kappa shape index (κ1) is 23.6. The Morgan fingerprint density at radius 2 is 1.93 bits per heavy atom. The number of nitrogens with zero attached hydrogens (tertiary/aromatic N) is 3. The predicted octanol–water partition coefficient (Wildman–Crippen LogP) is 2.56. The van der Waals surface area contributed by atoms with Crippen LogP contribution >= 0.6 is 35.5 Å². The minimum Gasteiger partial charge on any atom is -0.497 e. The van der Waals surface area contributed by atoms with Crippen molar-refractivity contribution in [3.63, 3.8) is 0 Å². The van der Waals surface area contributed by atoms with Crippen LogP contribution in [0.15, 0.2) is 29.4 Å². The second-order valence-electron chi connectivity index (χ2n) is 5.70. The summed E-state index contributed by atoms with van der Waals surface area (Å²) in [6.45, 7) is 2.91. The first-order valence-corrected chi connectivity index (χ1v) is 8.74. The third-order valence-electron chi connectivity index (χ3n) is 3.23. The van der Waals surface area contributed by atoms with Crippen molar-refractivity contribution in [1.82, 2.24) is 9.36 Å². The van der Waals surface area contributed by atoms with E-state index in [1.165, 1.54) is 13.8 Å². The van der Waals surface area contributed by atoms with Gasteiger partial charge < -0.3 is 20.0 Å². The zero-order chi connectivity index (χ0) is 20.0. The molecule has 0 atom stereocenters. The lowest BCUT2D eigenvalue weighted by Gasteiger charge is -2.20. The third kappa shape index (κ3) is 6.32. The number of anilines is 1. The van der Waals surface area contributed by atoms with Crippen LogP contribution in [0.4, 0.5) is 5.13 Å². The Morgan fingerprint density at radius 1 is 1.29 bits per heavy atom. The summed E-state index contributed by atoms with van der Waals surface area (Å²) in [5, 5.41) is 2.81. The molecule has 0 aliphatic carbocycles. The van der Waals surface area contributed by atoms with Gasteiger partial charge in [-0.3, -0.25) is 4.79 Å². The van der Waals surface area contributed by atoms with E-state index >= 15 is 0 Å². The number of halogens is 2. The molecular weight excluding hydrogens is 431 g/mol. The smallest absolute Gasteiger partial charge is 0.353 e. The van der Waals surface area contributed by atoms with Gasteiger partial charge >= 0.3 is 5.97 Å². The van der Waals surface area contributed by atoms with Crippen molar-refractivity contribution in [3.05, 3.63) is 35.7 Å². The van der Waals surface area contributed by atoms with Crippen LogP contribution < -0.4 is 10.5 Å². The highest BCUT2D eigenvalue weighted by molar-refractivity contribution is 7.09. The molecule has 0 fully saturated rings. The molecule has 9 nitrogen and oxygen atoms in total. The highest BCUT2D eigenvalue weighted by Crippen LogP contribution is 2.17. The molecule has 0 bridgehead atoms. The number of esters is 1. The number of rotatable bonds is 8. The van der Waals surface area contributed by atoms with Gasteiger partial charge in [0.2, 0.25) is 17.1 Å². The van der Waals surface area contributed by atoms with Crippen molar-refractivity contribution in [2.75, 3.05) is 12.8 Å². The summed E-state index contributed by atoms with van der Waals surface area (Å²) in [7, 11) is 1.56. The zero-order valence-electron chi connectivity index (χ0n) is 15.2. The van der Waals surface area contributed by atoms with Crippen molar-refractivity contribution < 1.29 is 23.9 Å². The standard InChI is InChI=1S/C16H17ClN4O5S.ClH/c1-16(2,14(23)25-8-9-4-6-10(24-3)7-5-9)26-20-11(12(17)22)13-19-15(18)27-21-13;/h4-7H,8H2,1-3H3,(H2,18,19,21);1H/b20-11+;. The summed E-state index contributed by atoms with van der Waals surface area (Å²) < 4.78 is 14.1. The van der Waals surface area contributed by atoms with E-state index in [1.54, 1.807) is 31.4 Å². The second-order valence-corrected chi connectivity index (χ2v) is 6.82. The average molecular weight is 449 g/mol. The number of hydrogen-bond donors (Lipinski definition) is 1. The topological polar surface area (TPSA) is 126 Å². The number of benzene rings is 1. The largest absolute Gasteiger partial charge is 0.497 e. The molecule has 12 heteroatoms. The Hall–Kier alpha value is -2.43. The van der Waals surface area contributed by atoms with E-state index < -0.39 is 16.8 Å². The Bertz CT molecular complexity index is 855. The van der Waals surface area contributed by atoms with Gasteiger partial charge in [0, 0.05) is 11.5 Å². The molecular formula is C16H18Cl2N4O5S. The molecule has 2 rings (SSSR count). The molecule has 152 valence electrons. The average Bonchev–Trinajstić information content (AvgIpc) is 3.05. The number of nitrogens with two attached hydrogens (primary N) is 1. The van der Waals surface area contributed by atoms with E-state index in [0.29, 0.717) is 5.75 Å². The number of carbonyl (C=O) groups is 2. The molecule has 0 spiro atoms. The van der Waals surface area contributed by atoms with Gasteiger partial charge in [-0.2, -0.15) is 9.36 Å². The summed E-state index contributed by atoms with van der Waals surface area (Å²) >= 11 is 6.34. The molecule has 28 heavy (non-hydrogen) atoms. The van der Waals surface area contributed by atoms with E-state index in [0.717, 1.165) is 17.1 Å². The second kappa shape index (κ2) is 10.2. The molecule has 0 amide bonds. The summed E-state index contributed by atoms with van der Waals surface area (Å²) in [5.74, 6) is -0.0771. The zero-order valence-corrected chi connectivity index (χ0v) is 17.6. The fraction of sp³-hybridized carbons (Fsp3) is 0.312. The maximum Gasteiger partial charge on any atom is 0.353 e. The molecule has 0 radical (unpaired) electrons. The lowest BCUT2D eigenvalue weighted by atomic mass is 10.1. The van der Waals surface area contributed by atoms with Crippen LogP contribution in [0.3, 0.4) is 0 Å². The molecule has 1 aromatic carbocycles. The molecule has 1 aromatic heterocycles. The van der Waals surface area contributed by atoms with E-state index in [2.05, 4.69) is 14.5 Å². The van der Waals surface area contributed by atoms with E-state index in [9.17, 15) is 9.59 Å². The minimum absolute atomic E-state index is 0. The van der Waals surface area contributed by atoms with Gasteiger partial charge in [0.25, 0.3) is 5.24 Å². The monoisotopic (exact) mass is 448 g/mol. The van der Waals surface area contributed by atoms with Crippen molar-refractivity contribution in [3.8, 4) is 5.75 Å². The Kier molecular flexibility index (Phi) is 8.61. The fourth-order valence-corrected chi connectivity index (χ4v) is 2.29. The van der Waals surface area contributed by atoms with Gasteiger partial charge in [-0.05, 0) is 43.1 Å². The van der Waals surface area contributed by atoms with Crippen LogP contribution in [0.5, 0.6) is 5.75 Å². The maximum absolute atomic E-state index is 12.3. The summed E-state index contributed by atoms with van der Waals surface area (Å²) in [4.78, 5) is 32.8. The van der Waals surface area contributed by atoms with Gasteiger partial charge in [-0.25, -0.2) is 4.79 Å². The lowest BCUT2D eigenvalue weighted by Crippen LogP contribution is -2.35. The Balaban J connectivity index is 0.00000392. The van der Waals surface area contributed by atoms with Crippen LogP contribution in [0.1, 0.15) is 25.2 Å². The maximum atomic E-state index is 12.3. The van der Waals surface area contributed by atoms with Gasteiger partial charge in [0.05, 0.1) is 7.11 Å².